The van der Waals surface area contributed by atoms with Gasteiger partial charge in [-0.05, 0) is 43.2 Å². The van der Waals surface area contributed by atoms with E-state index >= 15 is 0 Å². The zero-order valence-corrected chi connectivity index (χ0v) is 24.0. The number of hydrogen-bond donors (Lipinski definition) is 3. The first-order chi connectivity index (χ1) is 20.4. The molecule has 42 heavy (non-hydrogen) atoms. The average molecular weight is 568 g/mol. The molecule has 0 atom stereocenters. The van der Waals surface area contributed by atoms with Crippen molar-refractivity contribution in [3.8, 4) is 11.5 Å². The van der Waals surface area contributed by atoms with Crippen LogP contribution in [-0.4, -0.2) is 41.1 Å². The summed E-state index contributed by atoms with van der Waals surface area (Å²) in [6.45, 7) is 7.56. The number of methoxy groups -OCH3 is 2. The van der Waals surface area contributed by atoms with E-state index in [1.54, 1.807) is 56.9 Å². The number of nitrogens with zero attached hydrogens (tertiary/aromatic N) is 4. The Balaban J connectivity index is 1.71. The molecule has 0 aliphatic heterocycles. The van der Waals surface area contributed by atoms with Crippen LogP contribution in [0.3, 0.4) is 0 Å². The van der Waals surface area contributed by atoms with Crippen LogP contribution in [-0.2, 0) is 17.8 Å². The van der Waals surface area contributed by atoms with Crippen LogP contribution in [0.1, 0.15) is 23.6 Å². The highest BCUT2D eigenvalue weighted by molar-refractivity contribution is 6.03. The maximum Gasteiger partial charge on any atom is 0.327 e. The Labute approximate surface area is 244 Å². The molecule has 2 aromatic carbocycles. The van der Waals surface area contributed by atoms with Crippen molar-refractivity contribution in [2.45, 2.75) is 26.8 Å². The van der Waals surface area contributed by atoms with E-state index in [9.17, 15) is 9.59 Å². The van der Waals surface area contributed by atoms with Crippen molar-refractivity contribution in [3.05, 3.63) is 96.6 Å². The molecule has 216 valence electrons. The van der Waals surface area contributed by atoms with Gasteiger partial charge in [-0.2, -0.15) is 0 Å². The van der Waals surface area contributed by atoms with E-state index in [-0.39, 0.29) is 12.5 Å². The summed E-state index contributed by atoms with van der Waals surface area (Å²) in [5.41, 5.74) is 4.17. The number of ether oxygens (including phenoxy) is 2. The molecular weight excluding hydrogens is 534 g/mol. The first-order valence-corrected chi connectivity index (χ1v) is 13.2. The lowest BCUT2D eigenvalue weighted by molar-refractivity contribution is -0.111. The Morgan fingerprint density at radius 3 is 2.43 bits per heavy atom. The Morgan fingerprint density at radius 1 is 1.00 bits per heavy atom. The fourth-order valence-corrected chi connectivity index (χ4v) is 4.39. The molecule has 0 bridgehead atoms. The van der Waals surface area contributed by atoms with Gasteiger partial charge in [0.15, 0.2) is 0 Å². The number of hydrogen-bond acceptors (Lipinski definition) is 8. The minimum atomic E-state index is -0.421. The van der Waals surface area contributed by atoms with Gasteiger partial charge in [-0.15, -0.1) is 0 Å². The van der Waals surface area contributed by atoms with Gasteiger partial charge in [-0.25, -0.2) is 14.8 Å². The SMILES string of the molecule is C=CC(=O)Nc1ccccc1Nc1cc(N(Cc2cccnc2)C(=O)Nc2c(C)c(OC)cc(OC)c2CC)ncn1. The smallest absolute Gasteiger partial charge is 0.327 e. The summed E-state index contributed by atoms with van der Waals surface area (Å²) in [5, 5.41) is 9.04. The maximum absolute atomic E-state index is 14.0. The third-order valence-electron chi connectivity index (χ3n) is 6.50. The Kier molecular flexibility index (Phi) is 9.67. The first-order valence-electron chi connectivity index (χ1n) is 13.2. The number of benzene rings is 2. The molecule has 0 aliphatic carbocycles. The van der Waals surface area contributed by atoms with Gasteiger partial charge in [0.05, 0.1) is 37.8 Å². The van der Waals surface area contributed by atoms with Crippen molar-refractivity contribution in [1.82, 2.24) is 15.0 Å². The van der Waals surface area contributed by atoms with Crippen molar-refractivity contribution in [1.29, 1.82) is 0 Å². The van der Waals surface area contributed by atoms with Gasteiger partial charge in [0.25, 0.3) is 0 Å². The van der Waals surface area contributed by atoms with E-state index in [0.29, 0.717) is 46.6 Å². The highest BCUT2D eigenvalue weighted by Gasteiger charge is 2.23. The van der Waals surface area contributed by atoms with Crippen LogP contribution in [0.4, 0.5) is 33.5 Å². The van der Waals surface area contributed by atoms with Crippen LogP contribution in [0.15, 0.2) is 79.9 Å². The fourth-order valence-electron chi connectivity index (χ4n) is 4.39. The monoisotopic (exact) mass is 567 g/mol. The van der Waals surface area contributed by atoms with E-state index in [4.69, 9.17) is 9.47 Å². The molecule has 0 saturated heterocycles. The number of pyridine rings is 1. The minimum Gasteiger partial charge on any atom is -0.496 e. The molecule has 3 N–H and O–H groups in total. The van der Waals surface area contributed by atoms with Crippen LogP contribution < -0.4 is 30.3 Å². The molecule has 3 amide bonds. The molecule has 0 radical (unpaired) electrons. The molecule has 11 heteroatoms. The molecule has 0 fully saturated rings. The fraction of sp³-hybridized carbons (Fsp3) is 0.194. The van der Waals surface area contributed by atoms with Gasteiger partial charge in [0.1, 0.15) is 29.5 Å². The highest BCUT2D eigenvalue weighted by Crippen LogP contribution is 2.38. The number of amides is 3. The van der Waals surface area contributed by atoms with Crippen LogP contribution in [0.25, 0.3) is 0 Å². The standard InChI is InChI=1S/C31H33N7O4/c1-6-22-26(42-5)15-25(41-4)20(3)30(22)37-31(40)38(18-21-11-10-14-32-17-21)28-16-27(33-19-34-28)35-23-12-8-9-13-24(23)36-29(39)7-2/h7-17,19H,2,6,18H2,1,3-5H3,(H,36,39)(H,37,40)(H,33,34,35). The molecule has 0 aliphatic rings. The predicted octanol–water partition coefficient (Wildman–Crippen LogP) is 5.87. The number of carbonyl (C=O) groups is 2. The van der Waals surface area contributed by atoms with Crippen molar-refractivity contribution < 1.29 is 19.1 Å². The molecule has 0 saturated carbocycles. The molecule has 4 rings (SSSR count). The third-order valence-corrected chi connectivity index (χ3v) is 6.50. The second-order valence-corrected chi connectivity index (χ2v) is 9.12. The molecule has 4 aromatic rings. The molecular formula is C31H33N7O4. The van der Waals surface area contributed by atoms with Crippen LogP contribution >= 0.6 is 0 Å². The van der Waals surface area contributed by atoms with E-state index < -0.39 is 6.03 Å². The number of carbonyl (C=O) groups excluding carboxylic acids is 2. The number of nitrogens with one attached hydrogen (secondary N) is 3. The van der Waals surface area contributed by atoms with E-state index in [0.717, 1.165) is 16.7 Å². The van der Waals surface area contributed by atoms with Crippen LogP contribution in [0.2, 0.25) is 0 Å². The molecule has 2 aromatic heterocycles. The summed E-state index contributed by atoms with van der Waals surface area (Å²) in [5.74, 6) is 1.62. The lowest BCUT2D eigenvalue weighted by Crippen LogP contribution is -2.35. The Hall–Kier alpha value is -5.45. The second-order valence-electron chi connectivity index (χ2n) is 9.12. The van der Waals surface area contributed by atoms with Gasteiger partial charge in [0, 0.05) is 35.7 Å². The number of anilines is 5. The molecule has 0 unspecified atom stereocenters. The quantitative estimate of drug-likeness (QED) is 0.192. The summed E-state index contributed by atoms with van der Waals surface area (Å²) in [4.78, 5) is 40.4. The van der Waals surface area contributed by atoms with Crippen molar-refractivity contribution in [3.63, 3.8) is 0 Å². The summed E-state index contributed by atoms with van der Waals surface area (Å²) in [7, 11) is 3.16. The van der Waals surface area contributed by atoms with Crippen molar-refractivity contribution in [2.75, 3.05) is 35.1 Å². The normalized spacial score (nSPS) is 10.4. The lowest BCUT2D eigenvalue weighted by Gasteiger charge is -2.25. The highest BCUT2D eigenvalue weighted by atomic mass is 16.5. The van der Waals surface area contributed by atoms with E-state index in [1.165, 1.54) is 17.3 Å². The van der Waals surface area contributed by atoms with Gasteiger partial charge in [-0.3, -0.25) is 14.7 Å². The average Bonchev–Trinajstić information content (AvgIpc) is 3.02. The minimum absolute atomic E-state index is 0.184. The Morgan fingerprint density at radius 2 is 1.76 bits per heavy atom. The number of rotatable bonds is 11. The number of aromatic nitrogens is 3. The maximum atomic E-state index is 14.0. The van der Waals surface area contributed by atoms with Gasteiger partial charge in [0.2, 0.25) is 5.91 Å². The summed E-state index contributed by atoms with van der Waals surface area (Å²) >= 11 is 0. The number of para-hydroxylation sites is 2. The van der Waals surface area contributed by atoms with Crippen molar-refractivity contribution in [2.24, 2.45) is 0 Å². The Bertz CT molecular complexity index is 1580. The topological polar surface area (TPSA) is 131 Å². The van der Waals surface area contributed by atoms with Crippen molar-refractivity contribution >= 4 is 40.6 Å². The molecule has 0 spiro atoms. The molecule has 2 heterocycles. The van der Waals surface area contributed by atoms with Gasteiger partial charge < -0.3 is 25.4 Å². The van der Waals surface area contributed by atoms with Gasteiger partial charge >= 0.3 is 6.03 Å². The number of urea groups is 1. The molecule has 11 nitrogen and oxygen atoms in total. The third kappa shape index (κ3) is 6.81. The summed E-state index contributed by atoms with van der Waals surface area (Å²) in [6.07, 6.45) is 6.54. The van der Waals surface area contributed by atoms with Crippen LogP contribution in [0.5, 0.6) is 11.5 Å². The van der Waals surface area contributed by atoms with Crippen LogP contribution in [0, 0.1) is 6.92 Å². The largest absolute Gasteiger partial charge is 0.496 e. The zero-order valence-electron chi connectivity index (χ0n) is 24.0. The first kappa shape index (κ1) is 29.5. The second kappa shape index (κ2) is 13.8. The van der Waals surface area contributed by atoms with Gasteiger partial charge in [-0.1, -0.05) is 31.7 Å². The van der Waals surface area contributed by atoms with E-state index in [2.05, 4.69) is 37.5 Å². The lowest BCUT2D eigenvalue weighted by atomic mass is 10.0. The predicted molar refractivity (Wildman–Crippen MR) is 164 cm³/mol. The zero-order chi connectivity index (χ0) is 30.1. The summed E-state index contributed by atoms with van der Waals surface area (Å²) < 4.78 is 11.1. The summed E-state index contributed by atoms with van der Waals surface area (Å²) in [6, 6.07) is 13.9. The van der Waals surface area contributed by atoms with E-state index in [1.807, 2.05) is 32.0 Å².